The maximum absolute atomic E-state index is 2.36. The van der Waals surface area contributed by atoms with Crippen molar-refractivity contribution in [1.82, 2.24) is 4.90 Å². The van der Waals surface area contributed by atoms with E-state index in [0.29, 0.717) is 0 Å². The summed E-state index contributed by atoms with van der Waals surface area (Å²) >= 11 is 0. The van der Waals surface area contributed by atoms with Crippen molar-refractivity contribution in [1.29, 1.82) is 0 Å². The number of anilines is 1. The van der Waals surface area contributed by atoms with Crippen LogP contribution in [0.3, 0.4) is 0 Å². The van der Waals surface area contributed by atoms with Crippen LogP contribution in [0.15, 0.2) is 30.3 Å². The molecular weight excluding hydrogens is 244 g/mol. The van der Waals surface area contributed by atoms with Gasteiger partial charge in [-0.2, -0.15) is 0 Å². The van der Waals surface area contributed by atoms with Crippen LogP contribution in [0.25, 0.3) is 0 Å². The van der Waals surface area contributed by atoms with Gasteiger partial charge in [0.15, 0.2) is 0 Å². The largest absolute Gasteiger partial charge is 0.372 e. The van der Waals surface area contributed by atoms with Gasteiger partial charge in [0.2, 0.25) is 0 Å². The topological polar surface area (TPSA) is 6.48 Å². The Morgan fingerprint density at radius 2 is 1.45 bits per heavy atom. The van der Waals surface area contributed by atoms with Crippen molar-refractivity contribution in [3.63, 3.8) is 0 Å². The average molecular weight is 276 g/mol. The van der Waals surface area contributed by atoms with Gasteiger partial charge in [-0.3, -0.25) is 0 Å². The van der Waals surface area contributed by atoms with Gasteiger partial charge < -0.3 is 9.80 Å². The molecule has 0 saturated heterocycles. The van der Waals surface area contributed by atoms with Gasteiger partial charge in [-0.15, -0.1) is 0 Å². The second-order valence-electron chi connectivity index (χ2n) is 5.76. The van der Waals surface area contributed by atoms with E-state index in [1.165, 1.54) is 37.8 Å². The van der Waals surface area contributed by atoms with E-state index in [-0.39, 0.29) is 0 Å². The van der Waals surface area contributed by atoms with E-state index < -0.39 is 0 Å². The van der Waals surface area contributed by atoms with Gasteiger partial charge >= 0.3 is 0 Å². The third-order valence-electron chi connectivity index (χ3n) is 4.19. The van der Waals surface area contributed by atoms with Crippen LogP contribution < -0.4 is 4.90 Å². The zero-order valence-electron chi connectivity index (χ0n) is 13.8. The Kier molecular flexibility index (Phi) is 8.36. The molecular formula is C18H32N2. The lowest BCUT2D eigenvalue weighted by Gasteiger charge is -2.27. The highest BCUT2D eigenvalue weighted by Gasteiger charge is 2.13. The lowest BCUT2D eigenvalue weighted by Crippen LogP contribution is -2.29. The summed E-state index contributed by atoms with van der Waals surface area (Å²) < 4.78 is 0. The van der Waals surface area contributed by atoms with Crippen LogP contribution >= 0.6 is 0 Å². The van der Waals surface area contributed by atoms with Gasteiger partial charge in [0.05, 0.1) is 0 Å². The molecule has 1 saturated carbocycles. The zero-order valence-corrected chi connectivity index (χ0v) is 13.8. The third kappa shape index (κ3) is 5.96. The predicted octanol–water partition coefficient (Wildman–Crippen LogP) is 4.41. The van der Waals surface area contributed by atoms with E-state index in [1.54, 1.807) is 0 Å². The fraction of sp³-hybridized carbons (Fsp3) is 0.667. The SMILES string of the molecule is CCN(CC)c1ccccc1.CN(C)C1CCCCC1. The summed E-state index contributed by atoms with van der Waals surface area (Å²) in [5, 5.41) is 0. The molecule has 114 valence electrons. The van der Waals surface area contributed by atoms with E-state index >= 15 is 0 Å². The molecule has 0 spiro atoms. The molecule has 0 unspecified atom stereocenters. The highest BCUT2D eigenvalue weighted by atomic mass is 15.1. The summed E-state index contributed by atoms with van der Waals surface area (Å²) in [5.41, 5.74) is 1.32. The van der Waals surface area contributed by atoms with Gasteiger partial charge in [-0.25, -0.2) is 0 Å². The molecule has 0 aromatic heterocycles. The fourth-order valence-corrected chi connectivity index (χ4v) is 2.83. The van der Waals surface area contributed by atoms with Crippen molar-refractivity contribution in [2.75, 3.05) is 32.1 Å². The smallest absolute Gasteiger partial charge is 0.0365 e. The second kappa shape index (κ2) is 9.82. The summed E-state index contributed by atoms with van der Waals surface area (Å²) in [7, 11) is 4.38. The standard InChI is InChI=1S/C10H15N.C8H17N/c1-3-11(4-2)10-8-6-5-7-9-10;1-9(2)8-6-4-3-5-7-8/h5-9H,3-4H2,1-2H3;8H,3-7H2,1-2H3. The van der Waals surface area contributed by atoms with Crippen LogP contribution in [0.5, 0.6) is 0 Å². The molecule has 1 fully saturated rings. The van der Waals surface area contributed by atoms with Gasteiger partial charge in [0, 0.05) is 24.8 Å². The molecule has 0 atom stereocenters. The second-order valence-corrected chi connectivity index (χ2v) is 5.76. The molecule has 0 heterocycles. The Morgan fingerprint density at radius 3 is 1.85 bits per heavy atom. The summed E-state index contributed by atoms with van der Waals surface area (Å²) in [4.78, 5) is 4.69. The number of nitrogens with zero attached hydrogens (tertiary/aromatic N) is 2. The molecule has 2 nitrogen and oxygen atoms in total. The van der Waals surface area contributed by atoms with Gasteiger partial charge in [0.25, 0.3) is 0 Å². The van der Waals surface area contributed by atoms with Crippen molar-refractivity contribution in [3.05, 3.63) is 30.3 Å². The minimum atomic E-state index is 0.888. The van der Waals surface area contributed by atoms with E-state index in [9.17, 15) is 0 Å². The number of hydrogen-bond acceptors (Lipinski definition) is 2. The van der Waals surface area contributed by atoms with Crippen molar-refractivity contribution < 1.29 is 0 Å². The maximum atomic E-state index is 2.36. The summed E-state index contributed by atoms with van der Waals surface area (Å²) in [6.45, 7) is 6.52. The molecule has 1 aromatic carbocycles. The van der Waals surface area contributed by atoms with Crippen molar-refractivity contribution in [3.8, 4) is 0 Å². The lowest BCUT2D eigenvalue weighted by atomic mass is 9.95. The van der Waals surface area contributed by atoms with Crippen molar-refractivity contribution in [2.24, 2.45) is 0 Å². The van der Waals surface area contributed by atoms with Crippen LogP contribution in [0.2, 0.25) is 0 Å². The van der Waals surface area contributed by atoms with Crippen LogP contribution in [0.1, 0.15) is 46.0 Å². The lowest BCUT2D eigenvalue weighted by molar-refractivity contribution is 0.229. The molecule has 0 aliphatic heterocycles. The Balaban J connectivity index is 0.000000204. The molecule has 2 heteroatoms. The Labute approximate surface area is 125 Å². The van der Waals surface area contributed by atoms with Crippen molar-refractivity contribution >= 4 is 5.69 Å². The molecule has 2 rings (SSSR count). The predicted molar refractivity (Wildman–Crippen MR) is 90.6 cm³/mol. The minimum absolute atomic E-state index is 0.888. The summed E-state index contributed by atoms with van der Waals surface area (Å²) in [6, 6.07) is 11.4. The van der Waals surface area contributed by atoms with Crippen LogP contribution in [0.4, 0.5) is 5.69 Å². The third-order valence-corrected chi connectivity index (χ3v) is 4.19. The monoisotopic (exact) mass is 276 g/mol. The number of benzene rings is 1. The van der Waals surface area contributed by atoms with Crippen LogP contribution in [0, 0.1) is 0 Å². The molecule has 1 aliphatic carbocycles. The molecule has 0 N–H and O–H groups in total. The van der Waals surface area contributed by atoms with Crippen LogP contribution in [-0.4, -0.2) is 38.1 Å². The van der Waals surface area contributed by atoms with Crippen molar-refractivity contribution in [2.45, 2.75) is 52.0 Å². The molecule has 0 amide bonds. The molecule has 0 bridgehead atoms. The van der Waals surface area contributed by atoms with Gasteiger partial charge in [-0.05, 0) is 52.9 Å². The summed E-state index contributed by atoms with van der Waals surface area (Å²) in [5.74, 6) is 0. The Hall–Kier alpha value is -1.02. The zero-order chi connectivity index (χ0) is 14.8. The maximum Gasteiger partial charge on any atom is 0.0365 e. The minimum Gasteiger partial charge on any atom is -0.372 e. The quantitative estimate of drug-likeness (QED) is 0.803. The first-order chi connectivity index (χ1) is 9.69. The highest BCUT2D eigenvalue weighted by molar-refractivity contribution is 5.45. The first-order valence-corrected chi connectivity index (χ1v) is 8.15. The number of rotatable bonds is 4. The molecule has 1 aromatic rings. The van der Waals surface area contributed by atoms with Gasteiger partial charge in [-0.1, -0.05) is 37.5 Å². The number of hydrogen-bond donors (Lipinski definition) is 0. The van der Waals surface area contributed by atoms with E-state index in [4.69, 9.17) is 0 Å². The first kappa shape index (κ1) is 17.0. The number of para-hydroxylation sites is 1. The normalized spacial score (nSPS) is 15.7. The fourth-order valence-electron chi connectivity index (χ4n) is 2.83. The van der Waals surface area contributed by atoms with E-state index in [0.717, 1.165) is 19.1 Å². The van der Waals surface area contributed by atoms with Crippen LogP contribution in [-0.2, 0) is 0 Å². The van der Waals surface area contributed by atoms with E-state index in [1.807, 2.05) is 6.07 Å². The Bertz CT molecular complexity index is 325. The average Bonchev–Trinajstić information content (AvgIpc) is 2.51. The van der Waals surface area contributed by atoms with Gasteiger partial charge in [0.1, 0.15) is 0 Å². The highest BCUT2D eigenvalue weighted by Crippen LogP contribution is 2.20. The van der Waals surface area contributed by atoms with E-state index in [2.05, 4.69) is 62.0 Å². The Morgan fingerprint density at radius 1 is 0.900 bits per heavy atom. The molecule has 1 aliphatic rings. The first-order valence-electron chi connectivity index (χ1n) is 8.15. The summed E-state index contributed by atoms with van der Waals surface area (Å²) in [6.07, 6.45) is 7.20. The molecule has 20 heavy (non-hydrogen) atoms. The molecule has 0 radical (unpaired) electrons.